The highest BCUT2D eigenvalue weighted by atomic mass is 35.5. The van der Waals surface area contributed by atoms with Gasteiger partial charge in [-0.1, -0.05) is 36.4 Å². The predicted octanol–water partition coefficient (Wildman–Crippen LogP) is 2.45. The number of amides is 1. The molecular formula is C23H29ClN6O3. The third kappa shape index (κ3) is 5.43. The summed E-state index contributed by atoms with van der Waals surface area (Å²) >= 11 is 0. The van der Waals surface area contributed by atoms with Gasteiger partial charge in [0.05, 0.1) is 26.8 Å². The van der Waals surface area contributed by atoms with E-state index in [0.717, 1.165) is 17.0 Å². The van der Waals surface area contributed by atoms with E-state index < -0.39 is 0 Å². The highest BCUT2D eigenvalue weighted by Gasteiger charge is 2.33. The quantitative estimate of drug-likeness (QED) is 0.536. The normalized spacial score (nSPS) is 15.5. The topological polar surface area (TPSA) is 108 Å². The van der Waals surface area contributed by atoms with Gasteiger partial charge in [-0.15, -0.1) is 17.5 Å². The first kappa shape index (κ1) is 24.5. The van der Waals surface area contributed by atoms with E-state index in [1.165, 1.54) is 0 Å². The van der Waals surface area contributed by atoms with E-state index in [0.29, 0.717) is 44.0 Å². The molecule has 2 heterocycles. The molecule has 1 saturated heterocycles. The summed E-state index contributed by atoms with van der Waals surface area (Å²) in [7, 11) is 3.23. The minimum absolute atomic E-state index is 0. The van der Waals surface area contributed by atoms with Gasteiger partial charge in [0.1, 0.15) is 0 Å². The van der Waals surface area contributed by atoms with Crippen molar-refractivity contribution < 1.29 is 14.3 Å². The zero-order valence-electron chi connectivity index (χ0n) is 18.8. The number of aromatic nitrogens is 4. The van der Waals surface area contributed by atoms with E-state index in [1.54, 1.807) is 14.2 Å². The van der Waals surface area contributed by atoms with Crippen LogP contribution in [0.25, 0.3) is 0 Å². The Hall–Kier alpha value is -3.17. The highest BCUT2D eigenvalue weighted by Crippen LogP contribution is 2.36. The van der Waals surface area contributed by atoms with Gasteiger partial charge in [-0.25, -0.2) is 4.68 Å². The fourth-order valence-corrected chi connectivity index (χ4v) is 4.26. The van der Waals surface area contributed by atoms with E-state index in [9.17, 15) is 4.79 Å². The van der Waals surface area contributed by atoms with Crippen molar-refractivity contribution in [2.75, 3.05) is 27.3 Å². The average molecular weight is 473 g/mol. The molecule has 1 fully saturated rings. The molecule has 1 amide bonds. The molecule has 0 bridgehead atoms. The lowest BCUT2D eigenvalue weighted by Crippen LogP contribution is -2.41. The van der Waals surface area contributed by atoms with Crippen molar-refractivity contribution in [1.82, 2.24) is 25.1 Å². The Kier molecular flexibility index (Phi) is 8.24. The van der Waals surface area contributed by atoms with Gasteiger partial charge in [-0.3, -0.25) is 9.69 Å². The fraction of sp³-hybridized carbons (Fsp3) is 0.391. The molecule has 1 aromatic heterocycles. The second-order valence-electron chi connectivity index (χ2n) is 7.91. The molecule has 2 aromatic carbocycles. The molecule has 0 saturated carbocycles. The number of hydrogen-bond acceptors (Lipinski definition) is 7. The van der Waals surface area contributed by atoms with E-state index >= 15 is 0 Å². The van der Waals surface area contributed by atoms with Crippen LogP contribution in [0.5, 0.6) is 11.5 Å². The molecule has 10 heteroatoms. The van der Waals surface area contributed by atoms with Crippen molar-refractivity contribution in [3.8, 4) is 11.5 Å². The maximum Gasteiger partial charge on any atom is 0.220 e. The molecule has 176 valence electrons. The maximum atomic E-state index is 11.7. The number of carbonyl (C=O) groups excluding carboxylic acids is 1. The Morgan fingerprint density at radius 2 is 1.79 bits per heavy atom. The summed E-state index contributed by atoms with van der Waals surface area (Å²) in [5.41, 5.74) is 7.65. The first-order valence-corrected chi connectivity index (χ1v) is 10.7. The van der Waals surface area contributed by atoms with Gasteiger partial charge >= 0.3 is 0 Å². The van der Waals surface area contributed by atoms with Crippen LogP contribution in [0.15, 0.2) is 48.5 Å². The average Bonchev–Trinajstić information content (AvgIpc) is 3.27. The summed E-state index contributed by atoms with van der Waals surface area (Å²) in [5.74, 6) is 1.70. The molecule has 4 rings (SSSR count). The molecule has 1 unspecified atom stereocenters. The van der Waals surface area contributed by atoms with Crippen LogP contribution < -0.4 is 15.2 Å². The monoisotopic (exact) mass is 472 g/mol. The number of ether oxygens (including phenoxy) is 2. The highest BCUT2D eigenvalue weighted by molar-refractivity contribution is 5.85. The number of methoxy groups -OCH3 is 2. The molecule has 0 aliphatic carbocycles. The zero-order chi connectivity index (χ0) is 22.5. The van der Waals surface area contributed by atoms with Crippen LogP contribution in [-0.2, 0) is 11.3 Å². The second kappa shape index (κ2) is 11.1. The summed E-state index contributed by atoms with van der Waals surface area (Å²) in [6.07, 6.45) is 1.42. The minimum atomic E-state index is -0.235. The number of halogens is 1. The van der Waals surface area contributed by atoms with Crippen molar-refractivity contribution in [3.63, 3.8) is 0 Å². The Balaban J connectivity index is 0.00000306. The van der Waals surface area contributed by atoms with Gasteiger partial charge < -0.3 is 15.2 Å². The van der Waals surface area contributed by atoms with Crippen LogP contribution >= 0.6 is 12.4 Å². The van der Waals surface area contributed by atoms with E-state index in [-0.39, 0.29) is 30.3 Å². The summed E-state index contributed by atoms with van der Waals surface area (Å²) in [5, 5.41) is 12.7. The number of carbonyl (C=O) groups is 1. The Labute approximate surface area is 199 Å². The molecule has 33 heavy (non-hydrogen) atoms. The van der Waals surface area contributed by atoms with Crippen molar-refractivity contribution in [1.29, 1.82) is 0 Å². The Morgan fingerprint density at radius 3 is 2.42 bits per heavy atom. The number of hydrogen-bond donors (Lipinski definition) is 1. The Bertz CT molecular complexity index is 1050. The van der Waals surface area contributed by atoms with E-state index in [2.05, 4.69) is 32.6 Å². The standard InChI is InChI=1S/C23H28N6O3.ClH/c1-31-19-9-8-18(14-20(19)32-2)21(28-12-10-17(11-13-28)22(24)30)23-25-26-27-29(23)15-16-6-4-3-5-7-16;/h3-9,14,17,21H,10-13,15H2,1-2H3,(H2,24,30);1H. The molecular weight excluding hydrogens is 444 g/mol. The predicted molar refractivity (Wildman–Crippen MR) is 125 cm³/mol. The lowest BCUT2D eigenvalue weighted by Gasteiger charge is -2.36. The zero-order valence-corrected chi connectivity index (χ0v) is 19.6. The van der Waals surface area contributed by atoms with Crippen molar-refractivity contribution in [2.24, 2.45) is 11.7 Å². The first-order valence-electron chi connectivity index (χ1n) is 10.7. The van der Waals surface area contributed by atoms with Gasteiger partial charge in [-0.2, -0.15) is 0 Å². The largest absolute Gasteiger partial charge is 0.493 e. The summed E-state index contributed by atoms with van der Waals surface area (Å²) in [6, 6.07) is 15.7. The second-order valence-corrected chi connectivity index (χ2v) is 7.91. The number of nitrogens with two attached hydrogens (primary N) is 1. The molecule has 2 N–H and O–H groups in total. The number of primary amides is 1. The fourth-order valence-electron chi connectivity index (χ4n) is 4.26. The van der Waals surface area contributed by atoms with Gasteiger partial charge in [0.2, 0.25) is 5.91 Å². The van der Waals surface area contributed by atoms with Crippen LogP contribution in [0, 0.1) is 5.92 Å². The molecule has 9 nitrogen and oxygen atoms in total. The van der Waals surface area contributed by atoms with Crippen LogP contribution in [0.3, 0.4) is 0 Å². The van der Waals surface area contributed by atoms with Gasteiger partial charge in [-0.05, 0) is 59.6 Å². The maximum absolute atomic E-state index is 11.7. The van der Waals surface area contributed by atoms with Gasteiger partial charge in [0.25, 0.3) is 0 Å². The van der Waals surface area contributed by atoms with Crippen LogP contribution in [0.2, 0.25) is 0 Å². The molecule has 3 aromatic rings. The van der Waals surface area contributed by atoms with Crippen LogP contribution in [-0.4, -0.2) is 58.3 Å². The number of likely N-dealkylation sites (tertiary alicyclic amines) is 1. The molecule has 1 aliphatic heterocycles. The Morgan fingerprint density at radius 1 is 1.09 bits per heavy atom. The minimum Gasteiger partial charge on any atom is -0.493 e. The molecule has 0 radical (unpaired) electrons. The van der Waals surface area contributed by atoms with Crippen molar-refractivity contribution in [3.05, 3.63) is 65.5 Å². The third-order valence-electron chi connectivity index (χ3n) is 6.00. The summed E-state index contributed by atoms with van der Waals surface area (Å²) in [6.45, 7) is 1.99. The van der Waals surface area contributed by atoms with Crippen molar-refractivity contribution >= 4 is 18.3 Å². The van der Waals surface area contributed by atoms with E-state index in [1.807, 2.05) is 41.1 Å². The SMILES string of the molecule is COc1ccc(C(c2nnnn2Cc2ccccc2)N2CCC(C(N)=O)CC2)cc1OC.Cl. The third-order valence-corrected chi connectivity index (χ3v) is 6.00. The lowest BCUT2D eigenvalue weighted by molar-refractivity contribution is -0.123. The van der Waals surface area contributed by atoms with E-state index in [4.69, 9.17) is 15.2 Å². The molecule has 1 aliphatic rings. The van der Waals surface area contributed by atoms with Gasteiger partial charge in [0, 0.05) is 5.92 Å². The smallest absolute Gasteiger partial charge is 0.220 e. The summed E-state index contributed by atoms with van der Waals surface area (Å²) in [4.78, 5) is 14.0. The number of tetrazole rings is 1. The summed E-state index contributed by atoms with van der Waals surface area (Å²) < 4.78 is 12.8. The number of rotatable bonds is 8. The van der Waals surface area contributed by atoms with Crippen molar-refractivity contribution in [2.45, 2.75) is 25.4 Å². The molecule has 0 spiro atoms. The first-order chi connectivity index (χ1) is 15.6. The lowest BCUT2D eigenvalue weighted by atomic mass is 9.93. The number of piperidine rings is 1. The van der Waals surface area contributed by atoms with Gasteiger partial charge in [0.15, 0.2) is 17.3 Å². The number of benzene rings is 2. The molecule has 1 atom stereocenters. The van der Waals surface area contributed by atoms with Crippen LogP contribution in [0.4, 0.5) is 0 Å². The number of nitrogens with zero attached hydrogens (tertiary/aromatic N) is 5. The van der Waals surface area contributed by atoms with Crippen LogP contribution in [0.1, 0.15) is 35.8 Å².